The molecule has 98 valence electrons. The second-order valence-electron chi connectivity index (χ2n) is 4.84. The molecule has 0 aliphatic carbocycles. The van der Waals surface area contributed by atoms with Crippen molar-refractivity contribution < 1.29 is 4.79 Å². The van der Waals surface area contributed by atoms with Crippen molar-refractivity contribution in [3.8, 4) is 0 Å². The average molecular weight is 248 g/mol. The lowest BCUT2D eigenvalue weighted by Crippen LogP contribution is -2.30. The summed E-state index contributed by atoms with van der Waals surface area (Å²) in [4.78, 5) is 15.9. The zero-order chi connectivity index (χ0) is 13.1. The molecule has 1 saturated heterocycles. The van der Waals surface area contributed by atoms with Crippen LogP contribution in [0.5, 0.6) is 0 Å². The van der Waals surface area contributed by atoms with Gasteiger partial charge in [0.1, 0.15) is 5.82 Å². The van der Waals surface area contributed by atoms with Crippen LogP contribution in [0.4, 0.5) is 5.82 Å². The van der Waals surface area contributed by atoms with E-state index >= 15 is 0 Å². The van der Waals surface area contributed by atoms with Crippen LogP contribution in [0.1, 0.15) is 34.5 Å². The molecule has 0 bridgehead atoms. The number of aryl methyl sites for hydroxylation is 2. The van der Waals surface area contributed by atoms with E-state index in [0.29, 0.717) is 17.4 Å². The van der Waals surface area contributed by atoms with E-state index in [4.69, 9.17) is 5.73 Å². The molecule has 2 heterocycles. The molecule has 1 unspecified atom stereocenters. The number of hydrogen-bond acceptors (Lipinski definition) is 4. The predicted octanol–water partition coefficient (Wildman–Crippen LogP) is 0.961. The first-order chi connectivity index (χ1) is 8.58. The molecule has 1 amide bonds. The number of carbonyl (C=O) groups excluding carboxylic acids is 1. The van der Waals surface area contributed by atoms with Crippen molar-refractivity contribution in [1.82, 2.24) is 10.3 Å². The van der Waals surface area contributed by atoms with E-state index < -0.39 is 5.91 Å². The lowest BCUT2D eigenvalue weighted by atomic mass is 10.1. The average Bonchev–Trinajstić information content (AvgIpc) is 2.77. The van der Waals surface area contributed by atoms with E-state index in [1.54, 1.807) is 0 Å². The number of hydrogen-bond donors (Lipinski definition) is 3. The standard InChI is InChI=1S/C13H20N4O/c1-8-6-9(2)17-13(11(8)12(14)18)16-7-10-4-3-5-15-10/h6,10,15H,3-5,7H2,1-2H3,(H2,14,18)(H,16,17). The maximum absolute atomic E-state index is 11.5. The third-order valence-corrected chi connectivity index (χ3v) is 3.27. The maximum Gasteiger partial charge on any atom is 0.252 e. The van der Waals surface area contributed by atoms with Gasteiger partial charge in [-0.3, -0.25) is 4.79 Å². The van der Waals surface area contributed by atoms with Crippen LogP contribution < -0.4 is 16.4 Å². The second kappa shape index (κ2) is 5.35. The molecular weight excluding hydrogens is 228 g/mol. The Hall–Kier alpha value is -1.62. The SMILES string of the molecule is Cc1cc(C)c(C(N)=O)c(NCC2CCCN2)n1. The van der Waals surface area contributed by atoms with Gasteiger partial charge in [0.2, 0.25) is 0 Å². The summed E-state index contributed by atoms with van der Waals surface area (Å²) in [6, 6.07) is 2.33. The minimum absolute atomic E-state index is 0.429. The number of amides is 1. The van der Waals surface area contributed by atoms with Crippen molar-refractivity contribution >= 4 is 11.7 Å². The van der Waals surface area contributed by atoms with E-state index in [2.05, 4.69) is 15.6 Å². The van der Waals surface area contributed by atoms with Crippen molar-refractivity contribution in [1.29, 1.82) is 0 Å². The van der Waals surface area contributed by atoms with Gasteiger partial charge in [-0.2, -0.15) is 0 Å². The van der Waals surface area contributed by atoms with E-state index in [9.17, 15) is 4.79 Å². The quantitative estimate of drug-likeness (QED) is 0.741. The maximum atomic E-state index is 11.5. The summed E-state index contributed by atoms with van der Waals surface area (Å²) >= 11 is 0. The zero-order valence-corrected chi connectivity index (χ0v) is 10.9. The van der Waals surface area contributed by atoms with Crippen LogP contribution in [0.2, 0.25) is 0 Å². The Morgan fingerprint density at radius 1 is 1.61 bits per heavy atom. The molecule has 1 atom stereocenters. The topological polar surface area (TPSA) is 80.0 Å². The molecule has 1 aromatic heterocycles. The Morgan fingerprint density at radius 2 is 2.39 bits per heavy atom. The van der Waals surface area contributed by atoms with E-state index in [1.807, 2.05) is 19.9 Å². The third-order valence-electron chi connectivity index (χ3n) is 3.27. The van der Waals surface area contributed by atoms with Gasteiger partial charge in [0.25, 0.3) is 5.91 Å². The lowest BCUT2D eigenvalue weighted by molar-refractivity contribution is 0.1000. The van der Waals surface area contributed by atoms with Gasteiger partial charge in [-0.05, 0) is 44.9 Å². The normalized spacial score (nSPS) is 18.9. The highest BCUT2D eigenvalue weighted by atomic mass is 16.1. The Balaban J connectivity index is 2.16. The van der Waals surface area contributed by atoms with Gasteiger partial charge in [-0.25, -0.2) is 4.98 Å². The number of nitrogens with one attached hydrogen (secondary N) is 2. The molecule has 5 nitrogen and oxygen atoms in total. The van der Waals surface area contributed by atoms with Gasteiger partial charge in [0.05, 0.1) is 5.56 Å². The third kappa shape index (κ3) is 2.79. The molecule has 0 radical (unpaired) electrons. The molecule has 1 aliphatic heterocycles. The summed E-state index contributed by atoms with van der Waals surface area (Å²) in [5, 5.41) is 6.64. The minimum Gasteiger partial charge on any atom is -0.368 e. The number of carbonyl (C=O) groups is 1. The summed E-state index contributed by atoms with van der Waals surface area (Å²) in [5.74, 6) is 0.176. The molecule has 1 fully saturated rings. The molecule has 1 aromatic rings. The van der Waals surface area contributed by atoms with Crippen LogP contribution in [-0.2, 0) is 0 Å². The summed E-state index contributed by atoms with van der Waals surface area (Å²) in [6.45, 7) is 5.63. The Kier molecular flexibility index (Phi) is 3.81. The van der Waals surface area contributed by atoms with Crippen LogP contribution in [-0.4, -0.2) is 30.0 Å². The number of pyridine rings is 1. The first-order valence-electron chi connectivity index (χ1n) is 6.33. The van der Waals surface area contributed by atoms with Crippen molar-refractivity contribution in [2.75, 3.05) is 18.4 Å². The predicted molar refractivity (Wildman–Crippen MR) is 71.7 cm³/mol. The van der Waals surface area contributed by atoms with Crippen LogP contribution in [0.3, 0.4) is 0 Å². The number of nitrogens with zero attached hydrogens (tertiary/aromatic N) is 1. The molecule has 0 spiro atoms. The smallest absolute Gasteiger partial charge is 0.252 e. The van der Waals surface area contributed by atoms with Gasteiger partial charge in [0.15, 0.2) is 0 Å². The first kappa shape index (κ1) is 12.8. The molecular formula is C13H20N4O. The van der Waals surface area contributed by atoms with Crippen molar-refractivity contribution in [3.63, 3.8) is 0 Å². The fourth-order valence-electron chi connectivity index (χ4n) is 2.43. The minimum atomic E-state index is -0.429. The molecule has 0 saturated carbocycles. The van der Waals surface area contributed by atoms with Crippen LogP contribution in [0.15, 0.2) is 6.07 Å². The number of aromatic nitrogens is 1. The summed E-state index contributed by atoms with van der Waals surface area (Å²) in [7, 11) is 0. The highest BCUT2D eigenvalue weighted by Gasteiger charge is 2.17. The van der Waals surface area contributed by atoms with Crippen LogP contribution in [0.25, 0.3) is 0 Å². The fourth-order valence-corrected chi connectivity index (χ4v) is 2.43. The van der Waals surface area contributed by atoms with E-state index in [1.165, 1.54) is 6.42 Å². The summed E-state index contributed by atoms with van der Waals surface area (Å²) < 4.78 is 0. The van der Waals surface area contributed by atoms with E-state index in [-0.39, 0.29) is 0 Å². The Bertz CT molecular complexity index is 453. The number of anilines is 1. The molecule has 5 heteroatoms. The van der Waals surface area contributed by atoms with Gasteiger partial charge in [-0.15, -0.1) is 0 Å². The van der Waals surface area contributed by atoms with Gasteiger partial charge >= 0.3 is 0 Å². The molecule has 2 rings (SSSR count). The Morgan fingerprint density at radius 3 is 3.00 bits per heavy atom. The fraction of sp³-hybridized carbons (Fsp3) is 0.538. The largest absolute Gasteiger partial charge is 0.368 e. The first-order valence-corrected chi connectivity index (χ1v) is 6.33. The monoisotopic (exact) mass is 248 g/mol. The molecule has 18 heavy (non-hydrogen) atoms. The summed E-state index contributed by atoms with van der Waals surface area (Å²) in [6.07, 6.45) is 2.36. The van der Waals surface area contributed by atoms with Crippen LogP contribution in [0, 0.1) is 13.8 Å². The van der Waals surface area contributed by atoms with Crippen molar-refractivity contribution in [3.05, 3.63) is 22.9 Å². The number of nitrogens with two attached hydrogens (primary N) is 1. The molecule has 4 N–H and O–H groups in total. The summed E-state index contributed by atoms with van der Waals surface area (Å²) in [5.41, 5.74) is 7.67. The van der Waals surface area contributed by atoms with Gasteiger partial charge in [-0.1, -0.05) is 0 Å². The van der Waals surface area contributed by atoms with Crippen LogP contribution >= 0.6 is 0 Å². The molecule has 1 aliphatic rings. The highest BCUT2D eigenvalue weighted by Crippen LogP contribution is 2.18. The zero-order valence-electron chi connectivity index (χ0n) is 10.9. The number of rotatable bonds is 4. The van der Waals surface area contributed by atoms with Crippen molar-refractivity contribution in [2.24, 2.45) is 5.73 Å². The van der Waals surface area contributed by atoms with Gasteiger partial charge in [0, 0.05) is 18.3 Å². The highest BCUT2D eigenvalue weighted by molar-refractivity contribution is 5.99. The van der Waals surface area contributed by atoms with Crippen molar-refractivity contribution in [2.45, 2.75) is 32.7 Å². The number of primary amides is 1. The molecule has 0 aromatic carbocycles. The van der Waals surface area contributed by atoms with E-state index in [0.717, 1.165) is 30.8 Å². The second-order valence-corrected chi connectivity index (χ2v) is 4.84. The van der Waals surface area contributed by atoms with Gasteiger partial charge < -0.3 is 16.4 Å². The lowest BCUT2D eigenvalue weighted by Gasteiger charge is -2.15. The Labute approximate surface area is 107 Å².